The van der Waals surface area contributed by atoms with E-state index in [0.717, 1.165) is 6.54 Å². The smallest absolute Gasteiger partial charge is 0.295 e. The molecule has 0 radical (unpaired) electrons. The van der Waals surface area contributed by atoms with Gasteiger partial charge in [-0.25, -0.2) is 0 Å². The van der Waals surface area contributed by atoms with Crippen LogP contribution in [0.2, 0.25) is 5.02 Å². The van der Waals surface area contributed by atoms with Gasteiger partial charge in [-0.05, 0) is 70.4 Å². The van der Waals surface area contributed by atoms with Crippen molar-refractivity contribution in [2.24, 2.45) is 0 Å². The minimum Gasteiger partial charge on any atom is -0.507 e. The first kappa shape index (κ1) is 20.2. The molecule has 148 valence electrons. The Morgan fingerprint density at radius 2 is 1.86 bits per heavy atom. The second-order valence-electron chi connectivity index (χ2n) is 7.10. The van der Waals surface area contributed by atoms with Gasteiger partial charge in [-0.3, -0.25) is 9.59 Å². The molecule has 1 aliphatic rings. The number of nitrogens with zero attached hydrogens (tertiary/aromatic N) is 2. The molecule has 7 heteroatoms. The highest BCUT2D eigenvalue weighted by Crippen LogP contribution is 2.40. The van der Waals surface area contributed by atoms with E-state index in [1.807, 2.05) is 19.0 Å². The van der Waals surface area contributed by atoms with Crippen LogP contribution in [0.25, 0.3) is 5.76 Å². The molecule has 1 atom stereocenters. The van der Waals surface area contributed by atoms with E-state index in [2.05, 4.69) is 0 Å². The predicted molar refractivity (Wildman–Crippen MR) is 107 cm³/mol. The number of furan rings is 1. The van der Waals surface area contributed by atoms with Gasteiger partial charge in [-0.1, -0.05) is 11.6 Å². The van der Waals surface area contributed by atoms with Crippen LogP contribution in [0.1, 0.15) is 29.5 Å². The molecular formula is C21H23ClN2O4. The summed E-state index contributed by atoms with van der Waals surface area (Å²) in [6.45, 7) is 2.94. The van der Waals surface area contributed by atoms with Gasteiger partial charge in [0.25, 0.3) is 11.7 Å². The molecule has 1 aromatic heterocycles. The number of hydrogen-bond acceptors (Lipinski definition) is 5. The summed E-state index contributed by atoms with van der Waals surface area (Å²) < 4.78 is 5.73. The number of amides is 1. The molecule has 0 saturated carbocycles. The van der Waals surface area contributed by atoms with E-state index in [4.69, 9.17) is 16.0 Å². The first-order chi connectivity index (χ1) is 13.3. The Kier molecular flexibility index (Phi) is 5.91. The van der Waals surface area contributed by atoms with Crippen molar-refractivity contribution in [1.82, 2.24) is 9.80 Å². The zero-order chi connectivity index (χ0) is 20.4. The van der Waals surface area contributed by atoms with E-state index < -0.39 is 17.7 Å². The van der Waals surface area contributed by atoms with Crippen LogP contribution in [0.4, 0.5) is 0 Å². The van der Waals surface area contributed by atoms with Gasteiger partial charge in [0.2, 0.25) is 0 Å². The first-order valence-corrected chi connectivity index (χ1v) is 9.43. The summed E-state index contributed by atoms with van der Waals surface area (Å²) in [6.07, 6.45) is 0.692. The van der Waals surface area contributed by atoms with Crippen LogP contribution in [0, 0.1) is 6.92 Å². The van der Waals surface area contributed by atoms with Crippen molar-refractivity contribution in [3.8, 4) is 0 Å². The largest absolute Gasteiger partial charge is 0.507 e. The molecule has 1 unspecified atom stereocenters. The molecule has 1 aliphatic heterocycles. The van der Waals surface area contributed by atoms with Gasteiger partial charge >= 0.3 is 0 Å². The van der Waals surface area contributed by atoms with Crippen molar-refractivity contribution >= 4 is 29.1 Å². The number of likely N-dealkylation sites (tertiary alicyclic amines) is 1. The van der Waals surface area contributed by atoms with Crippen LogP contribution in [-0.2, 0) is 9.59 Å². The van der Waals surface area contributed by atoms with E-state index in [0.29, 0.717) is 35.1 Å². The molecule has 3 rings (SSSR count). The molecule has 1 amide bonds. The first-order valence-electron chi connectivity index (χ1n) is 9.05. The Labute approximate surface area is 169 Å². The maximum Gasteiger partial charge on any atom is 0.295 e. The van der Waals surface area contributed by atoms with Crippen LogP contribution in [0.15, 0.2) is 46.4 Å². The molecular weight excluding hydrogens is 380 g/mol. The topological polar surface area (TPSA) is 74.0 Å². The minimum atomic E-state index is -0.758. The Hall–Kier alpha value is -2.57. The fraction of sp³-hybridized carbons (Fsp3) is 0.333. The number of Topliss-reactive ketones (excluding diaryl/α,β-unsaturated/α-hetero) is 1. The Balaban J connectivity index is 2.05. The minimum absolute atomic E-state index is 0.0338. The SMILES string of the molecule is Cc1ccc(C2/C(=C(/O)c3ccc(Cl)cc3)C(=O)C(=O)N2CCCN(C)C)o1. The normalized spacial score (nSPS) is 19.0. The standard InChI is InChI=1S/C21H23ClN2O4/c1-13-5-10-16(28-13)18-17(19(25)14-6-8-15(22)9-7-14)20(26)21(27)24(18)12-4-11-23(2)3/h5-10,18,25H,4,11-12H2,1-3H3/b19-17-. The van der Waals surface area contributed by atoms with Crippen LogP contribution in [-0.4, -0.2) is 53.8 Å². The summed E-state index contributed by atoms with van der Waals surface area (Å²) in [6, 6.07) is 9.22. The van der Waals surface area contributed by atoms with Crippen molar-refractivity contribution in [2.75, 3.05) is 27.2 Å². The third-order valence-corrected chi connectivity index (χ3v) is 4.94. The summed E-state index contributed by atoms with van der Waals surface area (Å²) in [5.41, 5.74) is 0.454. The van der Waals surface area contributed by atoms with E-state index >= 15 is 0 Å². The van der Waals surface area contributed by atoms with Crippen molar-refractivity contribution in [3.63, 3.8) is 0 Å². The monoisotopic (exact) mass is 402 g/mol. The number of halogens is 1. The van der Waals surface area contributed by atoms with E-state index in [-0.39, 0.29) is 11.3 Å². The third-order valence-electron chi connectivity index (χ3n) is 4.69. The number of aliphatic hydroxyl groups is 1. The van der Waals surface area contributed by atoms with Crippen LogP contribution in [0.3, 0.4) is 0 Å². The lowest BCUT2D eigenvalue weighted by molar-refractivity contribution is -0.140. The summed E-state index contributed by atoms with van der Waals surface area (Å²) in [4.78, 5) is 29.0. The van der Waals surface area contributed by atoms with Gasteiger partial charge in [-0.2, -0.15) is 0 Å². The summed E-state index contributed by atoms with van der Waals surface area (Å²) >= 11 is 5.92. The fourth-order valence-corrected chi connectivity index (χ4v) is 3.45. The van der Waals surface area contributed by atoms with Crippen molar-refractivity contribution in [1.29, 1.82) is 0 Å². The molecule has 1 aromatic carbocycles. The Morgan fingerprint density at radius 3 is 2.43 bits per heavy atom. The lowest BCUT2D eigenvalue weighted by atomic mass is 9.99. The summed E-state index contributed by atoms with van der Waals surface area (Å²) in [5, 5.41) is 11.4. The van der Waals surface area contributed by atoms with Gasteiger partial charge in [0, 0.05) is 17.1 Å². The second kappa shape index (κ2) is 8.20. The molecule has 0 aliphatic carbocycles. The van der Waals surface area contributed by atoms with Crippen LogP contribution >= 0.6 is 11.6 Å². The summed E-state index contributed by atoms with van der Waals surface area (Å²) in [5.74, 6) is -0.453. The van der Waals surface area contributed by atoms with Gasteiger partial charge < -0.3 is 19.3 Å². The van der Waals surface area contributed by atoms with Gasteiger partial charge in [0.05, 0.1) is 5.57 Å². The number of benzene rings is 1. The molecule has 1 saturated heterocycles. The second-order valence-corrected chi connectivity index (χ2v) is 7.54. The van der Waals surface area contributed by atoms with Gasteiger partial charge in [0.15, 0.2) is 0 Å². The number of ketones is 1. The van der Waals surface area contributed by atoms with Crippen molar-refractivity contribution in [2.45, 2.75) is 19.4 Å². The average Bonchev–Trinajstić information content (AvgIpc) is 3.18. The number of hydrogen-bond donors (Lipinski definition) is 1. The quantitative estimate of drug-likeness (QED) is 0.454. The van der Waals surface area contributed by atoms with E-state index in [9.17, 15) is 14.7 Å². The number of carbonyl (C=O) groups excluding carboxylic acids is 2. The molecule has 0 bridgehead atoms. The Bertz CT molecular complexity index is 915. The number of aliphatic hydroxyl groups excluding tert-OH is 1. The number of aryl methyl sites for hydroxylation is 1. The molecule has 2 heterocycles. The number of carbonyl (C=O) groups is 2. The maximum atomic E-state index is 12.8. The molecule has 1 N–H and O–H groups in total. The van der Waals surface area contributed by atoms with Crippen LogP contribution in [0.5, 0.6) is 0 Å². The van der Waals surface area contributed by atoms with E-state index in [1.165, 1.54) is 4.90 Å². The number of rotatable bonds is 6. The molecule has 2 aromatic rings. The fourth-order valence-electron chi connectivity index (χ4n) is 3.33. The molecule has 6 nitrogen and oxygen atoms in total. The lowest BCUT2D eigenvalue weighted by Crippen LogP contribution is -2.32. The third kappa shape index (κ3) is 3.98. The van der Waals surface area contributed by atoms with E-state index in [1.54, 1.807) is 43.3 Å². The van der Waals surface area contributed by atoms with Gasteiger partial charge in [-0.15, -0.1) is 0 Å². The van der Waals surface area contributed by atoms with Crippen molar-refractivity contribution < 1.29 is 19.1 Å². The molecule has 1 fully saturated rings. The van der Waals surface area contributed by atoms with Crippen molar-refractivity contribution in [3.05, 3.63) is 64.1 Å². The predicted octanol–water partition coefficient (Wildman–Crippen LogP) is 3.61. The maximum absolute atomic E-state index is 12.8. The zero-order valence-electron chi connectivity index (χ0n) is 16.1. The highest BCUT2D eigenvalue weighted by atomic mass is 35.5. The molecule has 28 heavy (non-hydrogen) atoms. The zero-order valence-corrected chi connectivity index (χ0v) is 16.9. The van der Waals surface area contributed by atoms with Gasteiger partial charge in [0.1, 0.15) is 23.3 Å². The lowest BCUT2D eigenvalue weighted by Gasteiger charge is -2.24. The average molecular weight is 403 g/mol. The highest BCUT2D eigenvalue weighted by Gasteiger charge is 2.47. The highest BCUT2D eigenvalue weighted by molar-refractivity contribution is 6.46. The Morgan fingerprint density at radius 1 is 1.18 bits per heavy atom. The summed E-state index contributed by atoms with van der Waals surface area (Å²) in [7, 11) is 3.89. The van der Waals surface area contributed by atoms with Crippen LogP contribution < -0.4 is 0 Å². The molecule has 0 spiro atoms.